The van der Waals surface area contributed by atoms with Crippen LogP contribution in [0.25, 0.3) is 0 Å². The Labute approximate surface area is 124 Å². The number of aromatic nitrogens is 2. The van der Waals surface area contributed by atoms with Crippen molar-refractivity contribution in [1.82, 2.24) is 9.97 Å². The molecule has 0 aliphatic carbocycles. The van der Waals surface area contributed by atoms with Gasteiger partial charge in [-0.1, -0.05) is 17.7 Å². The first-order valence-corrected chi connectivity index (χ1v) is 6.34. The van der Waals surface area contributed by atoms with Crippen molar-refractivity contribution < 1.29 is 13.2 Å². The van der Waals surface area contributed by atoms with Gasteiger partial charge in [0.15, 0.2) is 0 Å². The number of alkyl halides is 3. The third-order valence-corrected chi connectivity index (χ3v) is 2.95. The van der Waals surface area contributed by atoms with E-state index in [0.29, 0.717) is 10.7 Å². The first-order valence-electron chi connectivity index (χ1n) is 5.97. The number of anilines is 3. The van der Waals surface area contributed by atoms with Crippen LogP contribution in [-0.4, -0.2) is 17.0 Å². The highest BCUT2D eigenvalue weighted by molar-refractivity contribution is 6.33. The Bertz CT molecular complexity index is 658. The molecule has 2 N–H and O–H groups in total. The number of halogens is 4. The summed E-state index contributed by atoms with van der Waals surface area (Å²) in [5.74, 6) is -1.15. The van der Waals surface area contributed by atoms with Crippen LogP contribution < -0.4 is 10.6 Å². The van der Waals surface area contributed by atoms with E-state index in [-0.39, 0.29) is 11.6 Å². The van der Waals surface area contributed by atoms with E-state index in [1.165, 1.54) is 13.1 Å². The predicted octanol–water partition coefficient (Wildman–Crippen LogP) is 4.24. The summed E-state index contributed by atoms with van der Waals surface area (Å²) < 4.78 is 38.3. The molecule has 0 fully saturated rings. The fourth-order valence-electron chi connectivity index (χ4n) is 1.64. The van der Waals surface area contributed by atoms with Crippen LogP contribution in [0.3, 0.4) is 0 Å². The number of hydrogen-bond donors (Lipinski definition) is 2. The molecule has 0 unspecified atom stereocenters. The molecule has 0 amide bonds. The first-order chi connectivity index (χ1) is 9.79. The van der Waals surface area contributed by atoms with Gasteiger partial charge in [-0.15, -0.1) is 0 Å². The van der Waals surface area contributed by atoms with Gasteiger partial charge in [0.05, 0.1) is 10.7 Å². The Balaban J connectivity index is 2.42. The van der Waals surface area contributed by atoms with Crippen LogP contribution >= 0.6 is 11.6 Å². The molecule has 2 aromatic rings. The van der Waals surface area contributed by atoms with Crippen molar-refractivity contribution in [3.8, 4) is 0 Å². The number of nitrogens with zero attached hydrogens (tertiary/aromatic N) is 2. The Kier molecular flexibility index (Phi) is 4.22. The summed E-state index contributed by atoms with van der Waals surface area (Å²) in [6.45, 7) is 1.85. The molecule has 0 radical (unpaired) electrons. The van der Waals surface area contributed by atoms with Crippen LogP contribution in [0.5, 0.6) is 0 Å². The van der Waals surface area contributed by atoms with Crippen molar-refractivity contribution in [3.05, 3.63) is 40.7 Å². The smallest absolute Gasteiger partial charge is 0.373 e. The normalized spacial score (nSPS) is 11.3. The van der Waals surface area contributed by atoms with E-state index in [4.69, 9.17) is 11.6 Å². The average molecular weight is 317 g/mol. The first kappa shape index (κ1) is 15.4. The van der Waals surface area contributed by atoms with Crippen LogP contribution in [0, 0.1) is 6.92 Å². The number of nitrogens with one attached hydrogen (secondary N) is 2. The van der Waals surface area contributed by atoms with Crippen molar-refractivity contribution in [2.24, 2.45) is 0 Å². The van der Waals surface area contributed by atoms with E-state index in [1.807, 2.05) is 6.92 Å². The zero-order valence-electron chi connectivity index (χ0n) is 11.2. The lowest BCUT2D eigenvalue weighted by molar-refractivity contribution is -0.144. The van der Waals surface area contributed by atoms with Crippen LogP contribution in [0.4, 0.5) is 30.5 Å². The molecule has 1 heterocycles. The Morgan fingerprint density at radius 1 is 1.10 bits per heavy atom. The second kappa shape index (κ2) is 5.77. The van der Waals surface area contributed by atoms with E-state index in [1.54, 1.807) is 18.2 Å². The van der Waals surface area contributed by atoms with Gasteiger partial charge >= 0.3 is 6.18 Å². The monoisotopic (exact) mass is 316 g/mol. The number of rotatable bonds is 3. The number of benzene rings is 1. The van der Waals surface area contributed by atoms with E-state index in [2.05, 4.69) is 20.6 Å². The average Bonchev–Trinajstić information content (AvgIpc) is 2.41. The summed E-state index contributed by atoms with van der Waals surface area (Å²) in [7, 11) is 1.48. The highest BCUT2D eigenvalue weighted by Crippen LogP contribution is 2.30. The standard InChI is InChI=1S/C13H12ClF3N4/c1-7-3-4-8(14)9(5-7)19-11-6-10(18-2)20-12(21-11)13(15,16)17/h3-6H,1-2H3,(H2,18,19,20,21). The summed E-state index contributed by atoms with van der Waals surface area (Å²) in [5, 5.41) is 5.73. The van der Waals surface area contributed by atoms with Crippen LogP contribution in [0.1, 0.15) is 11.4 Å². The van der Waals surface area contributed by atoms with Gasteiger partial charge in [-0.2, -0.15) is 13.2 Å². The van der Waals surface area contributed by atoms with E-state index in [9.17, 15) is 13.2 Å². The summed E-state index contributed by atoms with van der Waals surface area (Å²) in [6, 6.07) is 6.54. The minimum absolute atomic E-state index is 0.00850. The Morgan fingerprint density at radius 3 is 2.38 bits per heavy atom. The number of hydrogen-bond acceptors (Lipinski definition) is 4. The third-order valence-electron chi connectivity index (χ3n) is 2.62. The molecule has 4 nitrogen and oxygen atoms in total. The van der Waals surface area contributed by atoms with Gasteiger partial charge < -0.3 is 10.6 Å². The van der Waals surface area contributed by atoms with Gasteiger partial charge in [0.25, 0.3) is 0 Å². The Morgan fingerprint density at radius 2 is 1.76 bits per heavy atom. The molecule has 0 atom stereocenters. The van der Waals surface area contributed by atoms with Gasteiger partial charge in [-0.25, -0.2) is 9.97 Å². The van der Waals surface area contributed by atoms with E-state index in [0.717, 1.165) is 5.56 Å². The van der Waals surface area contributed by atoms with Crippen molar-refractivity contribution >= 4 is 28.9 Å². The quantitative estimate of drug-likeness (QED) is 0.889. The molecule has 0 saturated carbocycles. The second-order valence-electron chi connectivity index (χ2n) is 4.32. The third kappa shape index (κ3) is 3.75. The largest absolute Gasteiger partial charge is 0.451 e. The zero-order chi connectivity index (χ0) is 15.6. The molecule has 112 valence electrons. The maximum Gasteiger partial charge on any atom is 0.451 e. The van der Waals surface area contributed by atoms with Gasteiger partial charge in [-0.05, 0) is 24.6 Å². The van der Waals surface area contributed by atoms with Crippen LogP contribution in [0.15, 0.2) is 24.3 Å². The van der Waals surface area contributed by atoms with Gasteiger partial charge in [0, 0.05) is 13.1 Å². The fourth-order valence-corrected chi connectivity index (χ4v) is 1.80. The van der Waals surface area contributed by atoms with Crippen molar-refractivity contribution in [2.45, 2.75) is 13.1 Å². The summed E-state index contributed by atoms with van der Waals surface area (Å²) in [6.07, 6.45) is -4.63. The molecular formula is C13H12ClF3N4. The lowest BCUT2D eigenvalue weighted by Gasteiger charge is -2.12. The van der Waals surface area contributed by atoms with Gasteiger partial charge in [0.1, 0.15) is 11.6 Å². The minimum atomic E-state index is -4.63. The second-order valence-corrected chi connectivity index (χ2v) is 4.73. The maximum absolute atomic E-state index is 12.8. The van der Waals surface area contributed by atoms with Crippen molar-refractivity contribution in [2.75, 3.05) is 17.7 Å². The fraction of sp³-hybridized carbons (Fsp3) is 0.231. The highest BCUT2D eigenvalue weighted by atomic mass is 35.5. The molecule has 0 aliphatic heterocycles. The van der Waals surface area contributed by atoms with Gasteiger partial charge in [-0.3, -0.25) is 0 Å². The molecular weight excluding hydrogens is 305 g/mol. The molecule has 21 heavy (non-hydrogen) atoms. The summed E-state index contributed by atoms with van der Waals surface area (Å²) in [4.78, 5) is 6.86. The van der Waals surface area contributed by atoms with E-state index < -0.39 is 12.0 Å². The molecule has 0 bridgehead atoms. The molecule has 0 spiro atoms. The summed E-state index contributed by atoms with van der Waals surface area (Å²) >= 11 is 6.01. The number of aryl methyl sites for hydroxylation is 1. The van der Waals surface area contributed by atoms with Crippen LogP contribution in [-0.2, 0) is 6.18 Å². The van der Waals surface area contributed by atoms with Crippen molar-refractivity contribution in [1.29, 1.82) is 0 Å². The van der Waals surface area contributed by atoms with Crippen LogP contribution in [0.2, 0.25) is 5.02 Å². The molecule has 2 rings (SSSR count). The zero-order valence-corrected chi connectivity index (χ0v) is 12.0. The lowest BCUT2D eigenvalue weighted by Crippen LogP contribution is -2.13. The summed E-state index contributed by atoms with van der Waals surface area (Å²) in [5.41, 5.74) is 1.39. The van der Waals surface area contributed by atoms with Crippen molar-refractivity contribution in [3.63, 3.8) is 0 Å². The Hall–Kier alpha value is -2.02. The SMILES string of the molecule is CNc1cc(Nc2cc(C)ccc2Cl)nc(C(F)(F)F)n1. The highest BCUT2D eigenvalue weighted by Gasteiger charge is 2.35. The molecule has 1 aromatic carbocycles. The molecule has 0 saturated heterocycles. The molecule has 1 aromatic heterocycles. The topological polar surface area (TPSA) is 49.8 Å². The van der Waals surface area contributed by atoms with Gasteiger partial charge in [0.2, 0.25) is 5.82 Å². The maximum atomic E-state index is 12.8. The molecule has 0 aliphatic rings. The minimum Gasteiger partial charge on any atom is -0.373 e. The lowest BCUT2D eigenvalue weighted by atomic mass is 10.2. The van der Waals surface area contributed by atoms with E-state index >= 15 is 0 Å². The predicted molar refractivity (Wildman–Crippen MR) is 76.1 cm³/mol. The molecule has 8 heteroatoms.